The SMILES string of the molecule is CC(C)c1ccc2c(c1)N(C)c1ccc(C(C)C)cc1S2(=O)=O. The third kappa shape index (κ3) is 2.45. The topological polar surface area (TPSA) is 37.4 Å². The molecule has 0 fully saturated rings. The maximum atomic E-state index is 13.1. The number of anilines is 2. The predicted molar refractivity (Wildman–Crippen MR) is 94.6 cm³/mol. The minimum atomic E-state index is -3.47. The second-order valence-corrected chi connectivity index (χ2v) is 8.71. The molecule has 0 radical (unpaired) electrons. The molecule has 0 N–H and O–H groups in total. The van der Waals surface area contributed by atoms with E-state index < -0.39 is 9.84 Å². The highest BCUT2D eigenvalue weighted by molar-refractivity contribution is 7.92. The van der Waals surface area contributed by atoms with Crippen molar-refractivity contribution in [2.75, 3.05) is 11.9 Å². The van der Waals surface area contributed by atoms with Crippen molar-refractivity contribution < 1.29 is 8.42 Å². The highest BCUT2D eigenvalue weighted by Crippen LogP contribution is 2.44. The molecule has 4 heteroatoms. The van der Waals surface area contributed by atoms with E-state index in [1.54, 1.807) is 6.07 Å². The summed E-state index contributed by atoms with van der Waals surface area (Å²) < 4.78 is 26.1. The second kappa shape index (κ2) is 5.38. The van der Waals surface area contributed by atoms with E-state index in [0.717, 1.165) is 22.5 Å². The highest BCUT2D eigenvalue weighted by Gasteiger charge is 2.33. The summed E-state index contributed by atoms with van der Waals surface area (Å²) in [6.07, 6.45) is 0. The van der Waals surface area contributed by atoms with E-state index in [1.165, 1.54) is 0 Å². The van der Waals surface area contributed by atoms with Crippen LogP contribution in [0.5, 0.6) is 0 Å². The largest absolute Gasteiger partial charge is 0.342 e. The molecule has 1 aliphatic rings. The zero-order valence-electron chi connectivity index (χ0n) is 14.3. The molecule has 1 aliphatic heterocycles. The van der Waals surface area contributed by atoms with Crippen LogP contribution in [0.25, 0.3) is 0 Å². The van der Waals surface area contributed by atoms with Crippen molar-refractivity contribution in [3.05, 3.63) is 47.5 Å². The molecule has 3 nitrogen and oxygen atoms in total. The van der Waals surface area contributed by atoms with Crippen molar-refractivity contribution in [2.45, 2.75) is 49.3 Å². The van der Waals surface area contributed by atoms with Crippen LogP contribution >= 0.6 is 0 Å². The number of hydrogen-bond acceptors (Lipinski definition) is 3. The van der Waals surface area contributed by atoms with Crippen LogP contribution < -0.4 is 4.90 Å². The number of benzene rings is 2. The van der Waals surface area contributed by atoms with Gasteiger partial charge in [-0.15, -0.1) is 0 Å². The third-order valence-corrected chi connectivity index (χ3v) is 6.43. The molecule has 2 aromatic rings. The van der Waals surface area contributed by atoms with Gasteiger partial charge in [-0.2, -0.15) is 0 Å². The smallest absolute Gasteiger partial charge is 0.210 e. The summed E-state index contributed by atoms with van der Waals surface area (Å²) in [6.45, 7) is 8.37. The van der Waals surface area contributed by atoms with Crippen molar-refractivity contribution in [1.82, 2.24) is 0 Å². The third-order valence-electron chi connectivity index (χ3n) is 4.60. The van der Waals surface area contributed by atoms with Gasteiger partial charge in [0.2, 0.25) is 9.84 Å². The van der Waals surface area contributed by atoms with Crippen LogP contribution in [-0.4, -0.2) is 15.5 Å². The molecule has 0 saturated heterocycles. The first kappa shape index (κ1) is 16.1. The number of hydrogen-bond donors (Lipinski definition) is 0. The van der Waals surface area contributed by atoms with Gasteiger partial charge in [-0.25, -0.2) is 8.42 Å². The lowest BCUT2D eigenvalue weighted by Gasteiger charge is -2.31. The van der Waals surface area contributed by atoms with Gasteiger partial charge in [0.15, 0.2) is 0 Å². The van der Waals surface area contributed by atoms with E-state index in [-0.39, 0.29) is 0 Å². The minimum absolute atomic E-state index is 0.297. The van der Waals surface area contributed by atoms with Crippen molar-refractivity contribution >= 4 is 21.2 Å². The Morgan fingerprint density at radius 3 is 1.96 bits per heavy atom. The normalized spacial score (nSPS) is 15.7. The Labute approximate surface area is 138 Å². The summed E-state index contributed by atoms with van der Waals surface area (Å²) >= 11 is 0. The Balaban J connectivity index is 2.26. The van der Waals surface area contributed by atoms with E-state index in [1.807, 2.05) is 42.3 Å². The van der Waals surface area contributed by atoms with E-state index >= 15 is 0 Å². The standard InChI is InChI=1S/C19H23NO2S/c1-12(2)14-7-9-18-17(10-14)20(5)16-8-6-15(13(3)4)11-19(16)23(18,21)22/h6-13H,1-5H3. The first-order valence-electron chi connectivity index (χ1n) is 8.00. The maximum Gasteiger partial charge on any atom is 0.210 e. The fourth-order valence-corrected chi connectivity index (χ4v) is 4.74. The first-order valence-corrected chi connectivity index (χ1v) is 9.48. The lowest BCUT2D eigenvalue weighted by molar-refractivity contribution is 0.594. The van der Waals surface area contributed by atoms with Gasteiger partial charge in [0.05, 0.1) is 21.2 Å². The minimum Gasteiger partial charge on any atom is -0.342 e. The van der Waals surface area contributed by atoms with Crippen LogP contribution in [-0.2, 0) is 9.84 Å². The van der Waals surface area contributed by atoms with Gasteiger partial charge in [0.25, 0.3) is 0 Å². The zero-order valence-corrected chi connectivity index (χ0v) is 15.1. The molecule has 0 unspecified atom stereocenters. The second-order valence-electron chi connectivity index (χ2n) is 6.83. The van der Waals surface area contributed by atoms with Gasteiger partial charge in [0, 0.05) is 7.05 Å². The predicted octanol–water partition coefficient (Wildman–Crippen LogP) is 4.85. The van der Waals surface area contributed by atoms with Crippen LogP contribution in [0.15, 0.2) is 46.2 Å². The molecular formula is C19H23NO2S. The number of fused-ring (bicyclic) bond motifs is 2. The summed E-state index contributed by atoms with van der Waals surface area (Å²) in [7, 11) is -1.54. The van der Waals surface area contributed by atoms with E-state index in [2.05, 4.69) is 27.7 Å². The number of sulfone groups is 1. The molecule has 3 rings (SSSR count). The van der Waals surface area contributed by atoms with Crippen LogP contribution in [0.4, 0.5) is 11.4 Å². The van der Waals surface area contributed by atoms with E-state index in [9.17, 15) is 8.42 Å². The van der Waals surface area contributed by atoms with Crippen LogP contribution in [0.1, 0.15) is 50.7 Å². The summed E-state index contributed by atoms with van der Waals surface area (Å²) in [4.78, 5) is 2.80. The molecule has 23 heavy (non-hydrogen) atoms. The van der Waals surface area contributed by atoms with Gasteiger partial charge in [-0.3, -0.25) is 0 Å². The summed E-state index contributed by atoms with van der Waals surface area (Å²) in [5.74, 6) is 0.659. The Bertz CT molecular complexity index is 867. The van der Waals surface area contributed by atoms with Gasteiger partial charge in [-0.1, -0.05) is 39.8 Å². The zero-order chi connectivity index (χ0) is 16.9. The van der Waals surface area contributed by atoms with E-state index in [0.29, 0.717) is 21.6 Å². The summed E-state index contributed by atoms with van der Waals surface area (Å²) in [6, 6.07) is 11.4. The summed E-state index contributed by atoms with van der Waals surface area (Å²) in [5, 5.41) is 0. The highest BCUT2D eigenvalue weighted by atomic mass is 32.2. The molecule has 1 heterocycles. The van der Waals surface area contributed by atoms with Crippen LogP contribution in [0.3, 0.4) is 0 Å². The van der Waals surface area contributed by atoms with Crippen LogP contribution in [0.2, 0.25) is 0 Å². The molecule has 122 valence electrons. The van der Waals surface area contributed by atoms with Crippen molar-refractivity contribution in [1.29, 1.82) is 0 Å². The molecular weight excluding hydrogens is 306 g/mol. The number of nitrogens with zero attached hydrogens (tertiary/aromatic N) is 1. The molecule has 0 saturated carbocycles. The first-order chi connectivity index (χ1) is 10.7. The van der Waals surface area contributed by atoms with Crippen molar-refractivity contribution in [2.24, 2.45) is 0 Å². The van der Waals surface area contributed by atoms with Crippen molar-refractivity contribution in [3.8, 4) is 0 Å². The number of rotatable bonds is 2. The van der Waals surface area contributed by atoms with Gasteiger partial charge < -0.3 is 4.90 Å². The Morgan fingerprint density at radius 2 is 1.35 bits per heavy atom. The monoisotopic (exact) mass is 329 g/mol. The molecule has 0 atom stereocenters. The molecule has 2 aromatic carbocycles. The molecule has 0 spiro atoms. The average molecular weight is 329 g/mol. The fraction of sp³-hybridized carbons (Fsp3) is 0.368. The quantitative estimate of drug-likeness (QED) is 0.790. The van der Waals surface area contributed by atoms with Crippen molar-refractivity contribution in [3.63, 3.8) is 0 Å². The molecule has 0 bridgehead atoms. The Hall–Kier alpha value is -1.81. The maximum absolute atomic E-state index is 13.1. The van der Waals surface area contributed by atoms with Crippen LogP contribution in [0, 0.1) is 0 Å². The lowest BCUT2D eigenvalue weighted by Crippen LogP contribution is -2.22. The Morgan fingerprint density at radius 1 is 0.783 bits per heavy atom. The Kier molecular flexibility index (Phi) is 3.75. The molecule has 0 aromatic heterocycles. The molecule has 0 aliphatic carbocycles. The lowest BCUT2D eigenvalue weighted by atomic mass is 10.0. The van der Waals surface area contributed by atoms with Gasteiger partial charge in [-0.05, 0) is 47.2 Å². The fourth-order valence-electron chi connectivity index (χ4n) is 3.01. The molecule has 0 amide bonds. The van der Waals surface area contributed by atoms with Gasteiger partial charge >= 0.3 is 0 Å². The summed E-state index contributed by atoms with van der Waals surface area (Å²) in [5.41, 5.74) is 3.71. The van der Waals surface area contributed by atoms with Gasteiger partial charge in [0.1, 0.15) is 0 Å². The average Bonchev–Trinajstić information content (AvgIpc) is 2.51. The van der Waals surface area contributed by atoms with E-state index in [4.69, 9.17) is 0 Å².